The summed E-state index contributed by atoms with van der Waals surface area (Å²) in [6, 6.07) is 10.3. The summed E-state index contributed by atoms with van der Waals surface area (Å²) in [7, 11) is 0. The number of aromatic nitrogens is 1. The maximum atomic E-state index is 14.1. The first-order valence-corrected chi connectivity index (χ1v) is 14.3. The van der Waals surface area contributed by atoms with Crippen LogP contribution >= 0.6 is 12.2 Å². The molecule has 4 heterocycles. The normalized spacial score (nSPS) is 18.8. The molecule has 1 spiro atoms. The number of ether oxygens (including phenoxy) is 1. The summed E-state index contributed by atoms with van der Waals surface area (Å²) in [6.45, 7) is 0.885. The number of carbonyl (C=O) groups is 2. The number of amides is 2. The van der Waals surface area contributed by atoms with E-state index in [2.05, 4.69) is 5.32 Å². The third-order valence-corrected chi connectivity index (χ3v) is 8.69. The van der Waals surface area contributed by atoms with Gasteiger partial charge in [-0.15, -0.1) is 0 Å². The SMILES string of the molecule is O=C(NCC(=S)Cc1c(F)cc(F)cc1F)c1c2n3c(c(OCc4ccccc4)c1=O)C(=O)N1CCCCC3(CC2)C1. The monoisotopic (exact) mass is 595 g/mol. The molecule has 11 heteroatoms. The molecular weight excluding hydrogens is 567 g/mol. The number of thiocarbonyl (C=S) groups is 1. The Hall–Kier alpha value is -3.99. The highest BCUT2D eigenvalue weighted by Crippen LogP contribution is 2.45. The molecule has 1 N–H and O–H groups in total. The highest BCUT2D eigenvalue weighted by molar-refractivity contribution is 7.80. The molecule has 0 aliphatic carbocycles. The molecule has 2 bridgehead atoms. The van der Waals surface area contributed by atoms with Crippen molar-refractivity contribution < 1.29 is 27.5 Å². The number of hydrogen-bond donors (Lipinski definition) is 1. The molecule has 218 valence electrons. The van der Waals surface area contributed by atoms with E-state index >= 15 is 0 Å². The Bertz CT molecular complexity index is 1650. The smallest absolute Gasteiger partial charge is 0.274 e. The Morgan fingerprint density at radius 1 is 1.05 bits per heavy atom. The molecule has 0 saturated carbocycles. The number of benzene rings is 2. The lowest BCUT2D eigenvalue weighted by Gasteiger charge is -2.42. The van der Waals surface area contributed by atoms with Crippen molar-refractivity contribution in [3.05, 3.63) is 98.2 Å². The highest BCUT2D eigenvalue weighted by atomic mass is 32.1. The molecule has 2 aromatic carbocycles. The van der Waals surface area contributed by atoms with E-state index in [1.807, 2.05) is 34.9 Å². The lowest BCUT2D eigenvalue weighted by Crippen LogP contribution is -2.53. The first kappa shape index (κ1) is 28.1. The Morgan fingerprint density at radius 3 is 2.52 bits per heavy atom. The summed E-state index contributed by atoms with van der Waals surface area (Å²) in [4.78, 5) is 43.2. The minimum Gasteiger partial charge on any atom is -0.483 e. The molecule has 7 nitrogen and oxygen atoms in total. The summed E-state index contributed by atoms with van der Waals surface area (Å²) in [6.07, 6.45) is 3.32. The molecule has 1 fully saturated rings. The van der Waals surface area contributed by atoms with Crippen LogP contribution in [0, 0.1) is 17.5 Å². The van der Waals surface area contributed by atoms with Crippen LogP contribution in [0.25, 0.3) is 0 Å². The van der Waals surface area contributed by atoms with Gasteiger partial charge in [-0.05, 0) is 37.7 Å². The second-order valence-electron chi connectivity index (χ2n) is 11.1. The van der Waals surface area contributed by atoms with Crippen molar-refractivity contribution >= 4 is 28.9 Å². The van der Waals surface area contributed by atoms with Crippen LogP contribution in [-0.4, -0.2) is 45.8 Å². The molecular formula is C31H28F3N3O4S. The van der Waals surface area contributed by atoms with E-state index in [-0.39, 0.29) is 47.4 Å². The summed E-state index contributed by atoms with van der Waals surface area (Å²) < 4.78 is 49.5. The number of carbonyl (C=O) groups excluding carboxylic acids is 2. The van der Waals surface area contributed by atoms with Gasteiger partial charge in [0.2, 0.25) is 5.43 Å². The van der Waals surface area contributed by atoms with Crippen molar-refractivity contribution in [1.82, 2.24) is 14.8 Å². The van der Waals surface area contributed by atoms with E-state index in [0.29, 0.717) is 43.8 Å². The zero-order valence-corrected chi connectivity index (χ0v) is 23.5. The largest absolute Gasteiger partial charge is 0.483 e. The van der Waals surface area contributed by atoms with Crippen LogP contribution in [0.5, 0.6) is 5.75 Å². The maximum Gasteiger partial charge on any atom is 0.274 e. The molecule has 1 atom stereocenters. The quantitative estimate of drug-likeness (QED) is 0.389. The molecule has 1 saturated heterocycles. The number of nitrogens with one attached hydrogen (secondary N) is 1. The van der Waals surface area contributed by atoms with Gasteiger partial charge in [0.05, 0.1) is 5.54 Å². The van der Waals surface area contributed by atoms with Crippen LogP contribution in [0.2, 0.25) is 0 Å². The topological polar surface area (TPSA) is 80.6 Å². The fraction of sp³-hybridized carbons (Fsp3) is 0.355. The molecule has 3 aliphatic heterocycles. The molecule has 3 aliphatic rings. The molecule has 1 aromatic heterocycles. The van der Waals surface area contributed by atoms with Crippen LogP contribution in [-0.2, 0) is 25.0 Å². The van der Waals surface area contributed by atoms with Crippen LogP contribution < -0.4 is 15.5 Å². The number of nitrogens with zero attached hydrogens (tertiary/aromatic N) is 2. The minimum absolute atomic E-state index is 0.0304. The standard InChI is InChI=1S/C31H28F3N3O4S/c32-19-12-22(33)21(23(34)13-19)14-20(42)15-35-29(39)25-24-8-10-31-9-4-5-11-36(17-31)30(40)26(37(24)31)28(27(25)38)41-16-18-6-2-1-3-7-18/h1-3,6-7,12-13H,4-5,8-11,14-17H2,(H,35,39). The summed E-state index contributed by atoms with van der Waals surface area (Å²) in [5.41, 5.74) is -0.181. The second-order valence-corrected chi connectivity index (χ2v) is 11.7. The van der Waals surface area contributed by atoms with Gasteiger partial charge in [0.1, 0.15) is 29.6 Å². The van der Waals surface area contributed by atoms with Crippen LogP contribution in [0.1, 0.15) is 63.4 Å². The minimum atomic E-state index is -1.07. The first-order valence-electron chi connectivity index (χ1n) is 13.9. The zero-order chi connectivity index (χ0) is 29.6. The summed E-state index contributed by atoms with van der Waals surface area (Å²) >= 11 is 5.27. The van der Waals surface area contributed by atoms with Gasteiger partial charge in [-0.2, -0.15) is 0 Å². The van der Waals surface area contributed by atoms with Crippen molar-refractivity contribution in [2.45, 2.75) is 50.7 Å². The van der Waals surface area contributed by atoms with E-state index in [1.54, 1.807) is 4.90 Å². The van der Waals surface area contributed by atoms with E-state index in [1.165, 1.54) is 0 Å². The zero-order valence-electron chi connectivity index (χ0n) is 22.7. The second kappa shape index (κ2) is 11.0. The molecule has 1 unspecified atom stereocenters. The number of hydrogen-bond acceptors (Lipinski definition) is 5. The Balaban J connectivity index is 1.35. The van der Waals surface area contributed by atoms with Gasteiger partial charge in [0.25, 0.3) is 11.8 Å². The van der Waals surface area contributed by atoms with Crippen molar-refractivity contribution in [2.24, 2.45) is 0 Å². The van der Waals surface area contributed by atoms with Crippen LogP contribution in [0.3, 0.4) is 0 Å². The number of halogens is 3. The van der Waals surface area contributed by atoms with Crippen molar-refractivity contribution in [3.63, 3.8) is 0 Å². The average molecular weight is 596 g/mol. The number of fused-ring (bicyclic) bond motifs is 1. The van der Waals surface area contributed by atoms with Gasteiger partial charge < -0.3 is 19.5 Å². The van der Waals surface area contributed by atoms with Gasteiger partial charge in [0, 0.05) is 54.3 Å². The van der Waals surface area contributed by atoms with E-state index in [9.17, 15) is 27.6 Å². The number of rotatable bonds is 8. The Labute approximate surface area is 245 Å². The predicted molar refractivity (Wildman–Crippen MR) is 152 cm³/mol. The van der Waals surface area contributed by atoms with Crippen molar-refractivity contribution in [2.75, 3.05) is 19.6 Å². The molecule has 6 rings (SSSR count). The van der Waals surface area contributed by atoms with Gasteiger partial charge >= 0.3 is 0 Å². The van der Waals surface area contributed by atoms with Crippen LogP contribution in [0.4, 0.5) is 13.2 Å². The molecule has 2 amide bonds. The molecule has 42 heavy (non-hydrogen) atoms. The van der Waals surface area contributed by atoms with Crippen molar-refractivity contribution in [3.8, 4) is 5.75 Å². The number of pyridine rings is 1. The van der Waals surface area contributed by atoms with Crippen LogP contribution in [0.15, 0.2) is 47.3 Å². The van der Waals surface area contributed by atoms with Gasteiger partial charge in [0.15, 0.2) is 11.4 Å². The predicted octanol–water partition coefficient (Wildman–Crippen LogP) is 4.47. The molecule has 3 aromatic rings. The first-order chi connectivity index (χ1) is 20.2. The van der Waals surface area contributed by atoms with E-state index in [0.717, 1.165) is 24.8 Å². The third kappa shape index (κ3) is 4.89. The third-order valence-electron chi connectivity index (χ3n) is 8.41. The van der Waals surface area contributed by atoms with Crippen molar-refractivity contribution in [1.29, 1.82) is 0 Å². The lowest BCUT2D eigenvalue weighted by atomic mass is 9.89. The highest BCUT2D eigenvalue weighted by Gasteiger charge is 2.50. The Kier molecular flexibility index (Phi) is 7.38. The van der Waals surface area contributed by atoms with Gasteiger partial charge in [-0.25, -0.2) is 13.2 Å². The fourth-order valence-corrected chi connectivity index (χ4v) is 6.68. The summed E-state index contributed by atoms with van der Waals surface area (Å²) in [5.74, 6) is -4.35. The maximum absolute atomic E-state index is 14.1. The van der Waals surface area contributed by atoms with Gasteiger partial charge in [-0.1, -0.05) is 42.5 Å². The van der Waals surface area contributed by atoms with E-state index in [4.69, 9.17) is 17.0 Å². The Morgan fingerprint density at radius 2 is 1.79 bits per heavy atom. The molecule has 0 radical (unpaired) electrons. The van der Waals surface area contributed by atoms with E-state index < -0.39 is 39.9 Å². The lowest BCUT2D eigenvalue weighted by molar-refractivity contribution is 0.0580. The fourth-order valence-electron chi connectivity index (χ4n) is 6.46. The average Bonchev–Trinajstić information content (AvgIpc) is 3.20. The van der Waals surface area contributed by atoms with Gasteiger partial charge in [-0.3, -0.25) is 14.4 Å². The summed E-state index contributed by atoms with van der Waals surface area (Å²) in [5, 5.41) is 2.62.